The fraction of sp³-hybridized carbons (Fsp3) is 0.455. The van der Waals surface area contributed by atoms with Crippen LogP contribution in [-0.4, -0.2) is 31.8 Å². The van der Waals surface area contributed by atoms with E-state index in [4.69, 9.17) is 14.2 Å². The number of halogens is 2. The van der Waals surface area contributed by atoms with Gasteiger partial charge in [-0.2, -0.15) is 0 Å². The molecule has 0 aliphatic carbocycles. The Morgan fingerprint density at radius 3 is 2.50 bits per heavy atom. The van der Waals surface area contributed by atoms with Crippen LogP contribution >= 0.6 is 0 Å². The van der Waals surface area contributed by atoms with Crippen LogP contribution in [0.4, 0.5) is 8.78 Å². The number of nitrogens with zero attached hydrogens (tertiary/aromatic N) is 1. The molecule has 7 heteroatoms. The van der Waals surface area contributed by atoms with Crippen molar-refractivity contribution in [3.05, 3.63) is 17.5 Å². The quantitative estimate of drug-likeness (QED) is 0.760. The Bertz CT molecular complexity index is 437. The number of hydrogen-bond donors (Lipinski definition) is 0. The van der Waals surface area contributed by atoms with Gasteiger partial charge < -0.3 is 14.2 Å². The first-order valence-corrected chi connectivity index (χ1v) is 5.13. The average molecular weight is 261 g/mol. The topological polar surface area (TPSA) is 57.7 Å². The molecule has 0 aliphatic rings. The molecule has 0 amide bonds. The van der Waals surface area contributed by atoms with Crippen molar-refractivity contribution in [1.29, 1.82) is 0 Å². The number of hydrogen-bond acceptors (Lipinski definition) is 5. The highest BCUT2D eigenvalue weighted by Gasteiger charge is 2.24. The van der Waals surface area contributed by atoms with Crippen molar-refractivity contribution < 1.29 is 27.8 Å². The molecule has 18 heavy (non-hydrogen) atoms. The summed E-state index contributed by atoms with van der Waals surface area (Å²) in [6, 6.07) is 1.20. The molecule has 0 aromatic carbocycles. The molecule has 1 aromatic rings. The normalized spacial score (nSPS) is 10.3. The number of aromatic nitrogens is 1. The van der Waals surface area contributed by atoms with Gasteiger partial charge in [0.25, 0.3) is 6.43 Å². The zero-order valence-corrected chi connectivity index (χ0v) is 10.2. The predicted octanol–water partition coefficient (Wildman–Crippen LogP) is 2.21. The minimum Gasteiger partial charge on any atom is -0.493 e. The molecule has 1 heterocycles. The third kappa shape index (κ3) is 2.85. The van der Waals surface area contributed by atoms with Crippen molar-refractivity contribution in [1.82, 2.24) is 4.98 Å². The maximum Gasteiger partial charge on any atom is 0.357 e. The van der Waals surface area contributed by atoms with Crippen LogP contribution in [0.25, 0.3) is 0 Å². The maximum atomic E-state index is 12.8. The lowest BCUT2D eigenvalue weighted by molar-refractivity contribution is 0.0517. The molecule has 0 saturated carbocycles. The Labute approximate surface area is 103 Å². The fourth-order valence-corrected chi connectivity index (χ4v) is 1.34. The second kappa shape index (κ2) is 6.13. The lowest BCUT2D eigenvalue weighted by Crippen LogP contribution is -2.10. The van der Waals surface area contributed by atoms with Crippen LogP contribution in [0.15, 0.2) is 6.07 Å². The highest BCUT2D eigenvalue weighted by atomic mass is 19.3. The number of esters is 1. The Morgan fingerprint density at radius 2 is 2.06 bits per heavy atom. The molecule has 0 fully saturated rings. The molecule has 0 N–H and O–H groups in total. The van der Waals surface area contributed by atoms with E-state index in [0.29, 0.717) is 0 Å². The van der Waals surface area contributed by atoms with Crippen LogP contribution in [0.2, 0.25) is 0 Å². The number of methoxy groups -OCH3 is 2. The minimum absolute atomic E-state index is 0.00542. The van der Waals surface area contributed by atoms with E-state index in [1.807, 2.05) is 0 Å². The van der Waals surface area contributed by atoms with E-state index in [9.17, 15) is 13.6 Å². The van der Waals surface area contributed by atoms with Gasteiger partial charge in [-0.15, -0.1) is 0 Å². The van der Waals surface area contributed by atoms with Gasteiger partial charge in [0.1, 0.15) is 0 Å². The molecule has 0 bridgehead atoms. The summed E-state index contributed by atoms with van der Waals surface area (Å²) >= 11 is 0. The van der Waals surface area contributed by atoms with Gasteiger partial charge in [0.05, 0.1) is 20.8 Å². The van der Waals surface area contributed by atoms with Gasteiger partial charge in [0, 0.05) is 6.07 Å². The van der Waals surface area contributed by atoms with E-state index in [1.54, 1.807) is 6.92 Å². The van der Waals surface area contributed by atoms with Crippen LogP contribution in [0.1, 0.15) is 29.5 Å². The first-order valence-electron chi connectivity index (χ1n) is 5.13. The van der Waals surface area contributed by atoms with Crippen LogP contribution in [0.3, 0.4) is 0 Å². The van der Waals surface area contributed by atoms with Crippen molar-refractivity contribution in [2.24, 2.45) is 0 Å². The van der Waals surface area contributed by atoms with Gasteiger partial charge >= 0.3 is 5.97 Å². The Balaban J connectivity index is 3.31. The molecule has 0 aliphatic heterocycles. The van der Waals surface area contributed by atoms with Gasteiger partial charge in [0.15, 0.2) is 22.9 Å². The van der Waals surface area contributed by atoms with Gasteiger partial charge in [0.2, 0.25) is 0 Å². The van der Waals surface area contributed by atoms with E-state index < -0.39 is 18.1 Å². The van der Waals surface area contributed by atoms with Crippen molar-refractivity contribution in [2.45, 2.75) is 13.3 Å². The molecule has 1 aromatic heterocycles. The van der Waals surface area contributed by atoms with Gasteiger partial charge in [-0.1, -0.05) is 0 Å². The highest BCUT2D eigenvalue weighted by Crippen LogP contribution is 2.36. The lowest BCUT2D eigenvalue weighted by atomic mass is 10.2. The van der Waals surface area contributed by atoms with Crippen molar-refractivity contribution in [3.8, 4) is 11.5 Å². The van der Waals surface area contributed by atoms with Crippen LogP contribution in [-0.2, 0) is 4.74 Å². The third-order valence-electron chi connectivity index (χ3n) is 2.08. The van der Waals surface area contributed by atoms with E-state index in [-0.39, 0.29) is 23.8 Å². The molecule has 0 unspecified atom stereocenters. The largest absolute Gasteiger partial charge is 0.493 e. The van der Waals surface area contributed by atoms with Crippen molar-refractivity contribution in [2.75, 3.05) is 20.8 Å². The number of pyridine rings is 1. The minimum atomic E-state index is -2.89. The predicted molar refractivity (Wildman–Crippen MR) is 58.3 cm³/mol. The Kier molecular flexibility index (Phi) is 4.82. The van der Waals surface area contributed by atoms with Crippen LogP contribution < -0.4 is 9.47 Å². The summed E-state index contributed by atoms with van der Waals surface area (Å²) in [5.74, 6) is -0.980. The van der Waals surface area contributed by atoms with E-state index in [0.717, 1.165) is 0 Å². The summed E-state index contributed by atoms with van der Waals surface area (Å²) in [4.78, 5) is 15.0. The van der Waals surface area contributed by atoms with E-state index in [2.05, 4.69) is 4.98 Å². The van der Waals surface area contributed by atoms with E-state index in [1.165, 1.54) is 20.3 Å². The summed E-state index contributed by atoms with van der Waals surface area (Å²) in [6.07, 6.45) is -2.89. The molecule has 100 valence electrons. The second-order valence-corrected chi connectivity index (χ2v) is 3.15. The maximum absolute atomic E-state index is 12.8. The number of ether oxygens (including phenoxy) is 3. The van der Waals surface area contributed by atoms with Gasteiger partial charge in [-0.05, 0) is 6.92 Å². The summed E-state index contributed by atoms with van der Waals surface area (Å²) in [7, 11) is 2.50. The Morgan fingerprint density at radius 1 is 1.39 bits per heavy atom. The number of carbonyl (C=O) groups excluding carboxylic acids is 1. The lowest BCUT2D eigenvalue weighted by Gasteiger charge is -2.13. The average Bonchev–Trinajstić information content (AvgIpc) is 2.37. The number of rotatable bonds is 5. The standard InChI is InChI=1S/C11H13F2NO4/c1-4-18-11(15)6-5-7(16-2)9(17-3)8(14-6)10(12)13/h5,10H,4H2,1-3H3. The molecular formula is C11H13F2NO4. The highest BCUT2D eigenvalue weighted by molar-refractivity contribution is 5.88. The molecule has 5 nitrogen and oxygen atoms in total. The molecular weight excluding hydrogens is 248 g/mol. The van der Waals surface area contributed by atoms with Crippen LogP contribution in [0.5, 0.6) is 11.5 Å². The molecule has 0 radical (unpaired) electrons. The molecule has 1 rings (SSSR count). The first kappa shape index (κ1) is 14.1. The van der Waals surface area contributed by atoms with Crippen molar-refractivity contribution in [3.63, 3.8) is 0 Å². The smallest absolute Gasteiger partial charge is 0.357 e. The van der Waals surface area contributed by atoms with E-state index >= 15 is 0 Å². The number of alkyl halides is 2. The SMILES string of the molecule is CCOC(=O)c1cc(OC)c(OC)c(C(F)F)n1. The molecule has 0 saturated heterocycles. The zero-order valence-electron chi connectivity index (χ0n) is 10.2. The molecule has 0 atom stereocenters. The summed E-state index contributed by atoms with van der Waals surface area (Å²) in [5, 5.41) is 0. The Hall–Kier alpha value is -1.92. The molecule has 0 spiro atoms. The summed E-state index contributed by atoms with van der Waals surface area (Å²) in [5.41, 5.74) is -0.898. The first-order chi connectivity index (χ1) is 8.54. The van der Waals surface area contributed by atoms with Crippen molar-refractivity contribution >= 4 is 5.97 Å². The van der Waals surface area contributed by atoms with Gasteiger partial charge in [-0.3, -0.25) is 0 Å². The van der Waals surface area contributed by atoms with Gasteiger partial charge in [-0.25, -0.2) is 18.6 Å². The third-order valence-corrected chi connectivity index (χ3v) is 2.08. The second-order valence-electron chi connectivity index (χ2n) is 3.15. The number of carbonyl (C=O) groups is 1. The zero-order chi connectivity index (χ0) is 13.7. The monoisotopic (exact) mass is 261 g/mol. The van der Waals surface area contributed by atoms with Crippen LogP contribution in [0, 0.1) is 0 Å². The summed E-state index contributed by atoms with van der Waals surface area (Å²) < 4.78 is 40.0. The summed E-state index contributed by atoms with van der Waals surface area (Å²) in [6.45, 7) is 1.73. The fourth-order valence-electron chi connectivity index (χ4n) is 1.34.